The van der Waals surface area contributed by atoms with Gasteiger partial charge in [0.25, 0.3) is 5.69 Å². The van der Waals surface area contributed by atoms with Gasteiger partial charge in [0.1, 0.15) is 0 Å². The Morgan fingerprint density at radius 1 is 1.20 bits per heavy atom. The molecular formula is C13H15N3O4. The Kier molecular flexibility index (Phi) is 5.89. The summed E-state index contributed by atoms with van der Waals surface area (Å²) in [6, 6.07) is 5.85. The Morgan fingerprint density at radius 2 is 1.80 bits per heavy atom. The van der Waals surface area contributed by atoms with Crippen LogP contribution in [0.2, 0.25) is 0 Å². The molecule has 1 aromatic carbocycles. The van der Waals surface area contributed by atoms with Gasteiger partial charge in [-0.2, -0.15) is 0 Å². The molecule has 0 spiro atoms. The molecule has 20 heavy (non-hydrogen) atoms. The van der Waals surface area contributed by atoms with Crippen LogP contribution in [-0.2, 0) is 9.59 Å². The first-order chi connectivity index (χ1) is 9.49. The molecule has 2 amide bonds. The highest BCUT2D eigenvalue weighted by Crippen LogP contribution is 2.12. The molecule has 7 nitrogen and oxygen atoms in total. The first kappa shape index (κ1) is 15.4. The van der Waals surface area contributed by atoms with Gasteiger partial charge < -0.3 is 10.6 Å². The van der Waals surface area contributed by atoms with Crippen LogP contribution in [0.4, 0.5) is 5.69 Å². The summed E-state index contributed by atoms with van der Waals surface area (Å²) in [7, 11) is 0. The van der Waals surface area contributed by atoms with Gasteiger partial charge in [-0.15, -0.1) is 0 Å². The number of nitrogens with zero attached hydrogens (tertiary/aromatic N) is 1. The number of nitrogens with one attached hydrogen (secondary N) is 2. The van der Waals surface area contributed by atoms with Crippen LogP contribution in [0.15, 0.2) is 30.3 Å². The van der Waals surface area contributed by atoms with E-state index in [-0.39, 0.29) is 17.5 Å². The molecule has 0 atom stereocenters. The van der Waals surface area contributed by atoms with Gasteiger partial charge >= 0.3 is 0 Å². The Hall–Kier alpha value is -2.70. The van der Waals surface area contributed by atoms with Gasteiger partial charge in [-0.3, -0.25) is 19.7 Å². The minimum atomic E-state index is -0.484. The fourth-order valence-corrected chi connectivity index (χ4v) is 1.36. The second kappa shape index (κ2) is 7.67. The van der Waals surface area contributed by atoms with Gasteiger partial charge in [0.05, 0.1) is 4.92 Å². The van der Waals surface area contributed by atoms with E-state index in [1.54, 1.807) is 18.2 Å². The highest BCUT2D eigenvalue weighted by Gasteiger charge is 2.02. The van der Waals surface area contributed by atoms with Crippen molar-refractivity contribution in [2.24, 2.45) is 0 Å². The van der Waals surface area contributed by atoms with Crippen LogP contribution in [0.1, 0.15) is 12.5 Å². The molecule has 106 valence electrons. The molecule has 0 aliphatic carbocycles. The van der Waals surface area contributed by atoms with Crippen LogP contribution in [0, 0.1) is 10.1 Å². The fourth-order valence-electron chi connectivity index (χ4n) is 1.36. The fraction of sp³-hybridized carbons (Fsp3) is 0.231. The second-order valence-corrected chi connectivity index (χ2v) is 3.96. The van der Waals surface area contributed by atoms with Crippen LogP contribution in [0.5, 0.6) is 0 Å². The van der Waals surface area contributed by atoms with Crippen molar-refractivity contribution in [1.29, 1.82) is 0 Å². The van der Waals surface area contributed by atoms with Gasteiger partial charge in [-0.25, -0.2) is 0 Å². The van der Waals surface area contributed by atoms with Crippen molar-refractivity contribution >= 4 is 23.6 Å². The maximum absolute atomic E-state index is 11.4. The summed E-state index contributed by atoms with van der Waals surface area (Å²) in [5.74, 6) is -0.450. The molecule has 0 aromatic heterocycles. The predicted octanol–water partition coefficient (Wildman–Crippen LogP) is 0.860. The topological polar surface area (TPSA) is 101 Å². The normalized spacial score (nSPS) is 10.2. The monoisotopic (exact) mass is 277 g/mol. The summed E-state index contributed by atoms with van der Waals surface area (Å²) in [5, 5.41) is 15.6. The van der Waals surface area contributed by atoms with Gasteiger partial charge in [0.2, 0.25) is 11.8 Å². The Bertz CT molecular complexity index is 523. The summed E-state index contributed by atoms with van der Waals surface area (Å²) in [6.07, 6.45) is 2.88. The van der Waals surface area contributed by atoms with Gasteiger partial charge in [-0.05, 0) is 23.8 Å². The number of carbonyl (C=O) groups excluding carboxylic acids is 2. The van der Waals surface area contributed by atoms with Crippen LogP contribution >= 0.6 is 0 Å². The summed E-state index contributed by atoms with van der Waals surface area (Å²) in [4.78, 5) is 32.0. The van der Waals surface area contributed by atoms with Crippen molar-refractivity contribution in [3.8, 4) is 0 Å². The van der Waals surface area contributed by atoms with Crippen LogP contribution < -0.4 is 10.6 Å². The number of nitro groups is 1. The molecule has 0 unspecified atom stereocenters. The molecule has 0 saturated carbocycles. The molecular weight excluding hydrogens is 262 g/mol. The summed E-state index contributed by atoms with van der Waals surface area (Å²) >= 11 is 0. The smallest absolute Gasteiger partial charge is 0.269 e. The zero-order valence-corrected chi connectivity index (χ0v) is 11.0. The Labute approximate surface area is 115 Å². The number of benzene rings is 1. The first-order valence-electron chi connectivity index (χ1n) is 5.94. The SMILES string of the molecule is CC(=O)NCCNC(=O)/C=C/c1ccc([N+](=O)[O-])cc1. The lowest BCUT2D eigenvalue weighted by Gasteiger charge is -2.02. The highest BCUT2D eigenvalue weighted by atomic mass is 16.6. The molecule has 7 heteroatoms. The zero-order valence-electron chi connectivity index (χ0n) is 11.0. The van der Waals surface area contributed by atoms with Gasteiger partial charge in [0.15, 0.2) is 0 Å². The minimum Gasteiger partial charge on any atom is -0.355 e. The third-order valence-corrected chi connectivity index (χ3v) is 2.33. The number of hydrogen-bond donors (Lipinski definition) is 2. The van der Waals surface area contributed by atoms with Gasteiger partial charge in [-0.1, -0.05) is 0 Å². The van der Waals surface area contributed by atoms with E-state index in [0.29, 0.717) is 18.7 Å². The van der Waals surface area contributed by atoms with E-state index in [1.165, 1.54) is 25.1 Å². The predicted molar refractivity (Wildman–Crippen MR) is 73.8 cm³/mol. The van der Waals surface area contributed by atoms with Crippen molar-refractivity contribution in [3.05, 3.63) is 46.0 Å². The summed E-state index contributed by atoms with van der Waals surface area (Å²) in [5.41, 5.74) is 0.689. The van der Waals surface area contributed by atoms with Gasteiger partial charge in [0, 0.05) is 38.2 Å². The van der Waals surface area contributed by atoms with E-state index in [0.717, 1.165) is 0 Å². The third kappa shape index (κ3) is 5.76. The molecule has 0 heterocycles. The molecule has 0 saturated heterocycles. The molecule has 0 radical (unpaired) electrons. The van der Waals surface area contributed by atoms with Crippen molar-refractivity contribution in [1.82, 2.24) is 10.6 Å². The van der Waals surface area contributed by atoms with Crippen LogP contribution in [0.25, 0.3) is 6.08 Å². The van der Waals surface area contributed by atoms with Crippen LogP contribution in [-0.4, -0.2) is 29.8 Å². The average Bonchev–Trinajstić information content (AvgIpc) is 2.41. The number of nitro benzene ring substituents is 1. The van der Waals surface area contributed by atoms with Crippen molar-refractivity contribution in [3.63, 3.8) is 0 Å². The molecule has 1 rings (SSSR count). The van der Waals surface area contributed by atoms with E-state index in [9.17, 15) is 19.7 Å². The lowest BCUT2D eigenvalue weighted by atomic mass is 10.2. The van der Waals surface area contributed by atoms with Crippen molar-refractivity contribution in [2.45, 2.75) is 6.92 Å². The lowest BCUT2D eigenvalue weighted by Crippen LogP contribution is -2.32. The molecule has 1 aromatic rings. The average molecular weight is 277 g/mol. The van der Waals surface area contributed by atoms with E-state index >= 15 is 0 Å². The summed E-state index contributed by atoms with van der Waals surface area (Å²) < 4.78 is 0. The van der Waals surface area contributed by atoms with E-state index in [2.05, 4.69) is 10.6 Å². The Morgan fingerprint density at radius 3 is 2.35 bits per heavy atom. The number of amides is 2. The van der Waals surface area contributed by atoms with E-state index in [4.69, 9.17) is 0 Å². The molecule has 2 N–H and O–H groups in total. The number of hydrogen-bond acceptors (Lipinski definition) is 4. The molecule has 0 aliphatic heterocycles. The largest absolute Gasteiger partial charge is 0.355 e. The van der Waals surface area contributed by atoms with Crippen molar-refractivity contribution in [2.75, 3.05) is 13.1 Å². The maximum atomic E-state index is 11.4. The molecule has 0 bridgehead atoms. The minimum absolute atomic E-state index is 0.00177. The zero-order chi connectivity index (χ0) is 15.0. The third-order valence-electron chi connectivity index (χ3n) is 2.33. The quantitative estimate of drug-likeness (QED) is 0.348. The standard InChI is InChI=1S/C13H15N3O4/c1-10(17)14-8-9-15-13(18)7-4-11-2-5-12(6-3-11)16(19)20/h2-7H,8-9H2,1H3,(H,14,17)(H,15,18)/b7-4+. The Balaban J connectivity index is 2.41. The maximum Gasteiger partial charge on any atom is 0.269 e. The first-order valence-corrected chi connectivity index (χ1v) is 5.94. The van der Waals surface area contributed by atoms with Crippen LogP contribution in [0.3, 0.4) is 0 Å². The van der Waals surface area contributed by atoms with E-state index < -0.39 is 4.92 Å². The van der Waals surface area contributed by atoms with E-state index in [1.807, 2.05) is 0 Å². The second-order valence-electron chi connectivity index (χ2n) is 3.96. The highest BCUT2D eigenvalue weighted by molar-refractivity contribution is 5.91. The number of carbonyl (C=O) groups is 2. The lowest BCUT2D eigenvalue weighted by molar-refractivity contribution is -0.384. The number of rotatable bonds is 6. The summed E-state index contributed by atoms with van der Waals surface area (Å²) in [6.45, 7) is 2.10. The number of non-ortho nitro benzene ring substituents is 1. The van der Waals surface area contributed by atoms with Crippen molar-refractivity contribution < 1.29 is 14.5 Å². The molecule has 0 aliphatic rings. The molecule has 0 fully saturated rings.